The van der Waals surface area contributed by atoms with Crippen molar-refractivity contribution >= 4 is 17.6 Å². The highest BCUT2D eigenvalue weighted by molar-refractivity contribution is 5.91. The molecule has 0 spiro atoms. The quantitative estimate of drug-likeness (QED) is 0.873. The highest BCUT2D eigenvalue weighted by Crippen LogP contribution is 2.21. The number of aryl methyl sites for hydroxylation is 1. The zero-order valence-electron chi connectivity index (χ0n) is 16.1. The fourth-order valence-corrected chi connectivity index (χ4v) is 3.78. The van der Waals surface area contributed by atoms with Gasteiger partial charge in [-0.1, -0.05) is 42.5 Å². The van der Waals surface area contributed by atoms with E-state index in [0.717, 1.165) is 17.7 Å². The van der Waals surface area contributed by atoms with E-state index in [2.05, 4.69) is 17.4 Å². The van der Waals surface area contributed by atoms with Crippen LogP contribution in [0.1, 0.15) is 16.7 Å². The van der Waals surface area contributed by atoms with E-state index in [0.29, 0.717) is 26.2 Å². The molecule has 2 aromatic rings. The number of urea groups is 1. The Morgan fingerprint density at radius 3 is 2.57 bits per heavy atom. The standard InChI is InChI=1S/C22H25N3O3/c1-16-6-2-5-9-19(16)23-22(27)25-12-13-28-20(15-25)21(26)24-11-10-17-7-3-4-8-18(17)14-24/h2-9,20H,10-15H2,1H3,(H,23,27)/t20-/m0/s1. The minimum absolute atomic E-state index is 0.0390. The van der Waals surface area contributed by atoms with Gasteiger partial charge in [-0.05, 0) is 36.1 Å². The van der Waals surface area contributed by atoms with Crippen molar-refractivity contribution in [2.24, 2.45) is 0 Å². The van der Waals surface area contributed by atoms with E-state index in [9.17, 15) is 9.59 Å². The third-order valence-electron chi connectivity index (χ3n) is 5.46. The third-order valence-corrected chi connectivity index (χ3v) is 5.46. The molecule has 0 aliphatic carbocycles. The number of benzene rings is 2. The number of nitrogens with zero attached hydrogens (tertiary/aromatic N) is 2. The van der Waals surface area contributed by atoms with Crippen molar-refractivity contribution in [3.05, 3.63) is 65.2 Å². The third kappa shape index (κ3) is 3.87. The van der Waals surface area contributed by atoms with Crippen LogP contribution in [0.5, 0.6) is 0 Å². The molecule has 0 radical (unpaired) electrons. The molecule has 1 saturated heterocycles. The maximum Gasteiger partial charge on any atom is 0.322 e. The maximum atomic E-state index is 13.0. The number of hydrogen-bond donors (Lipinski definition) is 1. The first-order valence-electron chi connectivity index (χ1n) is 9.70. The summed E-state index contributed by atoms with van der Waals surface area (Å²) in [7, 11) is 0. The van der Waals surface area contributed by atoms with Crippen molar-refractivity contribution in [1.82, 2.24) is 9.80 Å². The zero-order chi connectivity index (χ0) is 19.5. The van der Waals surface area contributed by atoms with E-state index in [-0.39, 0.29) is 18.5 Å². The molecule has 146 valence electrons. The topological polar surface area (TPSA) is 61.9 Å². The monoisotopic (exact) mass is 379 g/mol. The van der Waals surface area contributed by atoms with Crippen LogP contribution in [-0.2, 0) is 22.5 Å². The van der Waals surface area contributed by atoms with Crippen LogP contribution >= 0.6 is 0 Å². The second kappa shape index (κ2) is 8.02. The van der Waals surface area contributed by atoms with Crippen molar-refractivity contribution in [2.45, 2.75) is 26.0 Å². The van der Waals surface area contributed by atoms with Gasteiger partial charge in [0.1, 0.15) is 0 Å². The molecule has 4 rings (SSSR count). The van der Waals surface area contributed by atoms with Crippen molar-refractivity contribution in [1.29, 1.82) is 0 Å². The molecule has 2 aliphatic heterocycles. The Bertz CT molecular complexity index is 883. The van der Waals surface area contributed by atoms with Gasteiger partial charge in [0.05, 0.1) is 13.2 Å². The summed E-state index contributed by atoms with van der Waals surface area (Å²) in [4.78, 5) is 29.2. The van der Waals surface area contributed by atoms with Crippen molar-refractivity contribution in [2.75, 3.05) is 31.6 Å². The molecule has 6 heteroatoms. The normalized spacial score (nSPS) is 19.1. The summed E-state index contributed by atoms with van der Waals surface area (Å²) in [6.07, 6.45) is 0.244. The summed E-state index contributed by atoms with van der Waals surface area (Å²) in [5, 5.41) is 2.94. The Morgan fingerprint density at radius 1 is 1.00 bits per heavy atom. The lowest BCUT2D eigenvalue weighted by molar-refractivity contribution is -0.148. The number of anilines is 1. The van der Waals surface area contributed by atoms with Gasteiger partial charge < -0.3 is 19.9 Å². The Hall–Kier alpha value is -2.86. The van der Waals surface area contributed by atoms with Crippen molar-refractivity contribution in [3.8, 4) is 0 Å². The predicted octanol–water partition coefficient (Wildman–Crippen LogP) is 2.81. The fraction of sp³-hybridized carbons (Fsp3) is 0.364. The minimum atomic E-state index is -0.610. The Labute approximate surface area is 165 Å². The average Bonchev–Trinajstić information content (AvgIpc) is 2.74. The SMILES string of the molecule is Cc1ccccc1NC(=O)N1CCO[C@H](C(=O)N2CCc3ccccc3C2)C1. The highest BCUT2D eigenvalue weighted by Gasteiger charge is 2.33. The molecule has 0 aromatic heterocycles. The predicted molar refractivity (Wildman–Crippen MR) is 107 cm³/mol. The number of nitrogens with one attached hydrogen (secondary N) is 1. The van der Waals surface area contributed by atoms with Gasteiger partial charge in [0.25, 0.3) is 5.91 Å². The molecule has 28 heavy (non-hydrogen) atoms. The summed E-state index contributed by atoms with van der Waals surface area (Å²) >= 11 is 0. The number of para-hydroxylation sites is 1. The van der Waals surface area contributed by atoms with Crippen molar-refractivity contribution in [3.63, 3.8) is 0 Å². The number of fused-ring (bicyclic) bond motifs is 1. The number of carbonyl (C=O) groups excluding carboxylic acids is 2. The van der Waals surface area contributed by atoms with Crippen LogP contribution in [0.2, 0.25) is 0 Å². The van der Waals surface area contributed by atoms with Gasteiger partial charge in [-0.2, -0.15) is 0 Å². The lowest BCUT2D eigenvalue weighted by Crippen LogP contribution is -2.54. The Kier molecular flexibility index (Phi) is 5.30. The fourth-order valence-electron chi connectivity index (χ4n) is 3.78. The first-order chi connectivity index (χ1) is 13.6. The van der Waals surface area contributed by atoms with E-state index >= 15 is 0 Å². The lowest BCUT2D eigenvalue weighted by atomic mass is 9.99. The van der Waals surface area contributed by atoms with E-state index in [1.54, 1.807) is 4.90 Å². The first-order valence-corrected chi connectivity index (χ1v) is 9.70. The summed E-state index contributed by atoms with van der Waals surface area (Å²) < 4.78 is 5.72. The van der Waals surface area contributed by atoms with Crippen LogP contribution in [0.3, 0.4) is 0 Å². The average molecular weight is 379 g/mol. The van der Waals surface area contributed by atoms with Gasteiger partial charge in [-0.25, -0.2) is 4.79 Å². The van der Waals surface area contributed by atoms with Crippen LogP contribution in [-0.4, -0.2) is 54.1 Å². The molecule has 1 atom stereocenters. The smallest absolute Gasteiger partial charge is 0.322 e. The van der Waals surface area contributed by atoms with E-state index < -0.39 is 6.10 Å². The molecule has 1 N–H and O–H groups in total. The number of amides is 3. The highest BCUT2D eigenvalue weighted by atomic mass is 16.5. The van der Waals surface area contributed by atoms with Crippen LogP contribution in [0.4, 0.5) is 10.5 Å². The minimum Gasteiger partial charge on any atom is -0.365 e. The zero-order valence-corrected chi connectivity index (χ0v) is 16.1. The molecule has 2 aliphatic rings. The Balaban J connectivity index is 1.39. The van der Waals surface area contributed by atoms with Gasteiger partial charge in [0.2, 0.25) is 0 Å². The second-order valence-electron chi connectivity index (χ2n) is 7.33. The molecular formula is C22H25N3O3. The Morgan fingerprint density at radius 2 is 1.75 bits per heavy atom. The molecule has 3 amide bonds. The molecule has 0 unspecified atom stereocenters. The summed E-state index contributed by atoms with van der Waals surface area (Å²) in [6.45, 7) is 4.35. The van der Waals surface area contributed by atoms with Gasteiger partial charge >= 0.3 is 6.03 Å². The summed E-state index contributed by atoms with van der Waals surface area (Å²) in [5.41, 5.74) is 4.28. The van der Waals surface area contributed by atoms with Crippen molar-refractivity contribution < 1.29 is 14.3 Å². The van der Waals surface area contributed by atoms with Gasteiger partial charge in [-0.3, -0.25) is 4.79 Å². The number of morpholine rings is 1. The summed E-state index contributed by atoms with van der Waals surface area (Å²) in [5.74, 6) is -0.0390. The molecule has 1 fully saturated rings. The van der Waals surface area contributed by atoms with Gasteiger partial charge in [0, 0.05) is 25.3 Å². The number of rotatable bonds is 2. The molecule has 2 aromatic carbocycles. The van der Waals surface area contributed by atoms with E-state index in [4.69, 9.17) is 4.74 Å². The largest absolute Gasteiger partial charge is 0.365 e. The summed E-state index contributed by atoms with van der Waals surface area (Å²) in [6, 6.07) is 15.7. The number of carbonyl (C=O) groups is 2. The van der Waals surface area contributed by atoms with Crippen LogP contribution in [0, 0.1) is 6.92 Å². The number of hydrogen-bond acceptors (Lipinski definition) is 3. The second-order valence-corrected chi connectivity index (χ2v) is 7.33. The van der Waals surface area contributed by atoms with E-state index in [1.807, 2.05) is 48.2 Å². The molecule has 2 heterocycles. The van der Waals surface area contributed by atoms with Gasteiger partial charge in [0.15, 0.2) is 6.10 Å². The van der Waals surface area contributed by atoms with Crippen LogP contribution in [0.15, 0.2) is 48.5 Å². The molecular weight excluding hydrogens is 354 g/mol. The van der Waals surface area contributed by atoms with Crippen LogP contribution < -0.4 is 5.32 Å². The molecule has 0 bridgehead atoms. The number of ether oxygens (including phenoxy) is 1. The van der Waals surface area contributed by atoms with Crippen LogP contribution in [0.25, 0.3) is 0 Å². The molecule has 0 saturated carbocycles. The lowest BCUT2D eigenvalue weighted by Gasteiger charge is -2.36. The first kappa shape index (κ1) is 18.5. The van der Waals surface area contributed by atoms with Gasteiger partial charge in [-0.15, -0.1) is 0 Å². The molecule has 6 nitrogen and oxygen atoms in total. The maximum absolute atomic E-state index is 13.0. The van der Waals surface area contributed by atoms with E-state index in [1.165, 1.54) is 11.1 Å².